The van der Waals surface area contributed by atoms with Crippen LogP contribution in [0.5, 0.6) is 0 Å². The van der Waals surface area contributed by atoms with Crippen LogP contribution < -0.4 is 0 Å². The van der Waals surface area contributed by atoms with Crippen molar-refractivity contribution in [2.75, 3.05) is 0 Å². The fraction of sp³-hybridized carbons (Fsp3) is 0.0526. The summed E-state index contributed by atoms with van der Waals surface area (Å²) in [6, 6.07) is 22.1. The quantitative estimate of drug-likeness (QED) is 0.557. The lowest BCUT2D eigenvalue weighted by molar-refractivity contribution is -0.137. The molecule has 0 bridgehead atoms. The van der Waals surface area contributed by atoms with Crippen LogP contribution in [0.2, 0.25) is 0 Å². The molecule has 0 amide bonds. The highest BCUT2D eigenvalue weighted by Crippen LogP contribution is 2.38. The largest absolute Gasteiger partial charge is 0.416 e. The first-order valence-electron chi connectivity index (χ1n) is 7.24. The molecule has 0 aliphatic heterocycles. The van der Waals surface area contributed by atoms with Crippen molar-refractivity contribution in [3.8, 4) is 0 Å². The van der Waals surface area contributed by atoms with E-state index in [1.54, 1.807) is 60.7 Å². The second kappa shape index (κ2) is 6.24. The molecule has 5 heteroatoms. The second-order valence-corrected chi connectivity index (χ2v) is 7.73. The third-order valence-electron chi connectivity index (χ3n) is 3.66. The van der Waals surface area contributed by atoms with Gasteiger partial charge >= 0.3 is 6.18 Å². The first kappa shape index (κ1) is 16.5. The molecule has 0 fully saturated rings. The third-order valence-corrected chi connectivity index (χ3v) is 6.47. The summed E-state index contributed by atoms with van der Waals surface area (Å²) in [5.41, 5.74) is -0.755. The lowest BCUT2D eigenvalue weighted by atomic mass is 10.2. The fourth-order valence-electron chi connectivity index (χ4n) is 2.47. The summed E-state index contributed by atoms with van der Waals surface area (Å²) in [4.78, 5) is 1.49. The maximum Gasteiger partial charge on any atom is 0.416 e. The summed E-state index contributed by atoms with van der Waals surface area (Å²) < 4.78 is 52.2. The first-order chi connectivity index (χ1) is 11.4. The minimum atomic E-state index is -4.42. The first-order valence-corrected chi connectivity index (χ1v) is 8.80. The van der Waals surface area contributed by atoms with Gasteiger partial charge in [0.2, 0.25) is 0 Å². The summed E-state index contributed by atoms with van der Waals surface area (Å²) >= 11 is 0. The molecule has 0 aromatic heterocycles. The van der Waals surface area contributed by atoms with Gasteiger partial charge in [0.1, 0.15) is 0 Å². The van der Waals surface area contributed by atoms with Crippen molar-refractivity contribution in [3.63, 3.8) is 0 Å². The maximum atomic E-state index is 13.9. The van der Waals surface area contributed by atoms with E-state index in [0.29, 0.717) is 14.7 Å². The van der Waals surface area contributed by atoms with E-state index in [1.807, 2.05) is 0 Å². The normalized spacial score (nSPS) is 12.1. The smallest absolute Gasteiger partial charge is 0.166 e. The van der Waals surface area contributed by atoms with Crippen molar-refractivity contribution in [1.29, 1.82) is 0 Å². The zero-order valence-corrected chi connectivity index (χ0v) is 13.3. The van der Waals surface area contributed by atoms with E-state index in [1.165, 1.54) is 12.1 Å². The molecule has 1 nitrogen and oxygen atoms in total. The summed E-state index contributed by atoms with van der Waals surface area (Å²) in [7, 11) is -2.85. The lowest BCUT2D eigenvalue weighted by Gasteiger charge is -2.13. The number of hydrogen-bond donors (Lipinski definition) is 0. The molecule has 0 heterocycles. The molecule has 0 unspecified atom stereocenters. The Morgan fingerprint density at radius 2 is 0.958 bits per heavy atom. The monoisotopic (exact) mass is 347 g/mol. The molecule has 0 aliphatic rings. The Labute approximate surface area is 139 Å². The second-order valence-electron chi connectivity index (χ2n) is 5.20. The molecule has 0 N–H and O–H groups in total. The van der Waals surface area contributed by atoms with Crippen molar-refractivity contribution in [3.05, 3.63) is 90.5 Å². The van der Waals surface area contributed by atoms with Gasteiger partial charge in [-0.15, -0.1) is 0 Å². The average Bonchev–Trinajstić information content (AvgIpc) is 2.62. The molecule has 0 aliphatic carbocycles. The van der Waals surface area contributed by atoms with E-state index in [2.05, 4.69) is 0 Å². The predicted octanol–water partition coefficient (Wildman–Crippen LogP) is 5.68. The van der Waals surface area contributed by atoms with Gasteiger partial charge in [0, 0.05) is 0 Å². The Hall–Kier alpha value is -2.40. The van der Waals surface area contributed by atoms with Gasteiger partial charge in [0.05, 0.1) is 5.56 Å². The van der Waals surface area contributed by atoms with E-state index in [4.69, 9.17) is 0 Å². The molecular weight excluding hydrogens is 333 g/mol. The van der Waals surface area contributed by atoms with Crippen molar-refractivity contribution >= 4 is 9.93 Å². The minimum Gasteiger partial charge on any atom is -0.166 e. The van der Waals surface area contributed by atoms with E-state index in [0.717, 1.165) is 12.1 Å². The van der Waals surface area contributed by atoms with Crippen LogP contribution in [0.4, 0.5) is 13.2 Å². The van der Waals surface area contributed by atoms with Gasteiger partial charge < -0.3 is 0 Å². The minimum absolute atomic E-state index is 0.355. The topological polar surface area (TPSA) is 17.1 Å². The lowest BCUT2D eigenvalue weighted by Crippen LogP contribution is -2.13. The number of halogens is 3. The van der Waals surface area contributed by atoms with Gasteiger partial charge in [-0.1, -0.05) is 40.6 Å². The summed E-state index contributed by atoms with van der Waals surface area (Å²) in [5, 5.41) is 0. The molecule has 3 aromatic carbocycles. The number of rotatable bonds is 3. The van der Waals surface area contributed by atoms with E-state index >= 15 is 0 Å². The molecule has 3 rings (SSSR count). The van der Waals surface area contributed by atoms with Gasteiger partial charge in [-0.25, -0.2) is 0 Å². The SMILES string of the molecule is O=[S+](c1ccccc1)(c1ccccc1)c1ccc(C(F)(F)F)cc1. The molecule has 3 aromatic rings. The highest BCUT2D eigenvalue weighted by molar-refractivity contribution is 8.03. The average molecular weight is 347 g/mol. The van der Waals surface area contributed by atoms with E-state index in [-0.39, 0.29) is 0 Å². The zero-order chi connectivity index (χ0) is 17.2. The highest BCUT2D eigenvalue weighted by atomic mass is 32.2. The Morgan fingerprint density at radius 1 is 0.583 bits per heavy atom. The Bertz CT molecular complexity index is 813. The fourth-order valence-corrected chi connectivity index (χ4v) is 4.88. The molecular formula is C19H14F3OS+. The van der Waals surface area contributed by atoms with E-state index in [9.17, 15) is 17.4 Å². The van der Waals surface area contributed by atoms with Crippen LogP contribution in [0.15, 0.2) is 99.6 Å². The molecule has 0 spiro atoms. The molecule has 24 heavy (non-hydrogen) atoms. The Morgan fingerprint density at radius 3 is 1.33 bits per heavy atom. The van der Waals surface area contributed by atoms with Gasteiger partial charge in [0.25, 0.3) is 0 Å². The van der Waals surface area contributed by atoms with Crippen molar-refractivity contribution in [1.82, 2.24) is 0 Å². The van der Waals surface area contributed by atoms with Crippen LogP contribution in [0, 0.1) is 0 Å². The molecule has 0 saturated heterocycles. The van der Waals surface area contributed by atoms with Crippen LogP contribution in [0.3, 0.4) is 0 Å². The number of benzene rings is 3. The van der Waals surface area contributed by atoms with Gasteiger partial charge in [0.15, 0.2) is 24.6 Å². The Balaban J connectivity index is 2.18. The van der Waals surface area contributed by atoms with Crippen molar-refractivity contribution in [2.24, 2.45) is 0 Å². The standard InChI is InChI=1S/C19H14F3OS/c20-19(21,22)15-11-13-18(14-12-15)24(23,16-7-3-1-4-8-16)17-9-5-2-6-10-17/h1-14H/q+1. The van der Waals surface area contributed by atoms with Crippen LogP contribution in [-0.2, 0) is 20.3 Å². The van der Waals surface area contributed by atoms with Gasteiger partial charge in [-0.2, -0.15) is 13.2 Å². The molecule has 122 valence electrons. The predicted molar refractivity (Wildman–Crippen MR) is 87.2 cm³/mol. The van der Waals surface area contributed by atoms with Crippen LogP contribution in [0.25, 0.3) is 0 Å². The van der Waals surface area contributed by atoms with Crippen molar-refractivity contribution in [2.45, 2.75) is 20.9 Å². The molecule has 0 radical (unpaired) electrons. The maximum absolute atomic E-state index is 13.9. The number of hydrogen-bond acceptors (Lipinski definition) is 1. The number of alkyl halides is 3. The summed E-state index contributed by atoms with van der Waals surface area (Å²) in [6.45, 7) is 0. The molecule has 0 saturated carbocycles. The Kier molecular flexibility index (Phi) is 4.28. The van der Waals surface area contributed by atoms with Crippen molar-refractivity contribution < 1.29 is 17.4 Å². The highest BCUT2D eigenvalue weighted by Gasteiger charge is 2.38. The third kappa shape index (κ3) is 2.99. The van der Waals surface area contributed by atoms with Crippen LogP contribution in [0.1, 0.15) is 5.56 Å². The van der Waals surface area contributed by atoms with Crippen LogP contribution in [-0.4, -0.2) is 0 Å². The zero-order valence-electron chi connectivity index (χ0n) is 12.5. The van der Waals surface area contributed by atoms with E-state index < -0.39 is 21.7 Å². The summed E-state index contributed by atoms with van der Waals surface area (Å²) in [5.74, 6) is 0. The molecule has 0 atom stereocenters. The van der Waals surface area contributed by atoms with Gasteiger partial charge in [-0.05, 0) is 48.5 Å². The van der Waals surface area contributed by atoms with Gasteiger partial charge in [-0.3, -0.25) is 0 Å². The van der Waals surface area contributed by atoms with Crippen LogP contribution >= 0.6 is 0 Å². The summed E-state index contributed by atoms with van der Waals surface area (Å²) in [6.07, 6.45) is -4.42.